The smallest absolute Gasteiger partial charge is 0.226 e. The van der Waals surface area contributed by atoms with Gasteiger partial charge in [-0.3, -0.25) is 9.78 Å². The van der Waals surface area contributed by atoms with Crippen molar-refractivity contribution in [2.24, 2.45) is 0 Å². The number of amides is 1. The zero-order valence-electron chi connectivity index (χ0n) is 15.6. The van der Waals surface area contributed by atoms with Crippen LogP contribution in [-0.4, -0.2) is 21.1 Å². The van der Waals surface area contributed by atoms with Crippen LogP contribution in [0.15, 0.2) is 42.7 Å². The van der Waals surface area contributed by atoms with E-state index in [-0.39, 0.29) is 12.0 Å². The minimum absolute atomic E-state index is 0.0855. The van der Waals surface area contributed by atoms with Gasteiger partial charge in [-0.15, -0.1) is 10.2 Å². The van der Waals surface area contributed by atoms with E-state index in [2.05, 4.69) is 33.5 Å². The summed E-state index contributed by atoms with van der Waals surface area (Å²) in [6.45, 7) is 6.01. The molecule has 1 aromatic carbocycles. The predicted octanol–water partition coefficient (Wildman–Crippen LogP) is 4.26. The molecule has 0 aliphatic carbocycles. The molecule has 2 aromatic heterocycles. The third-order valence-corrected chi connectivity index (χ3v) is 5.28. The summed E-state index contributed by atoms with van der Waals surface area (Å²) >= 11 is 1.33. The molecule has 1 amide bonds. The molecule has 1 unspecified atom stereocenters. The largest absolute Gasteiger partial charge is 0.483 e. The van der Waals surface area contributed by atoms with Crippen molar-refractivity contribution in [2.75, 3.05) is 5.32 Å². The molecule has 0 aliphatic rings. The van der Waals surface area contributed by atoms with E-state index in [1.807, 2.05) is 38.1 Å². The molecule has 3 rings (SSSR count). The molecule has 6 nitrogen and oxygen atoms in total. The van der Waals surface area contributed by atoms with Crippen LogP contribution in [0.5, 0.6) is 5.75 Å². The van der Waals surface area contributed by atoms with E-state index in [0.717, 1.165) is 21.9 Å². The van der Waals surface area contributed by atoms with E-state index in [9.17, 15) is 4.79 Å². The van der Waals surface area contributed by atoms with E-state index in [1.54, 1.807) is 12.4 Å². The maximum atomic E-state index is 12.1. The van der Waals surface area contributed by atoms with Crippen molar-refractivity contribution >= 4 is 22.4 Å². The molecule has 0 spiro atoms. The summed E-state index contributed by atoms with van der Waals surface area (Å²) in [5.74, 6) is 0.748. The topological polar surface area (TPSA) is 77.0 Å². The van der Waals surface area contributed by atoms with Gasteiger partial charge in [-0.2, -0.15) is 0 Å². The van der Waals surface area contributed by atoms with Crippen molar-refractivity contribution in [3.63, 3.8) is 0 Å². The molecule has 2 heterocycles. The van der Waals surface area contributed by atoms with Crippen LogP contribution in [0.4, 0.5) is 5.13 Å². The van der Waals surface area contributed by atoms with Crippen molar-refractivity contribution < 1.29 is 9.53 Å². The molecule has 0 saturated carbocycles. The minimum atomic E-state index is -0.245. The quantitative estimate of drug-likeness (QED) is 0.661. The predicted molar refractivity (Wildman–Crippen MR) is 106 cm³/mol. The van der Waals surface area contributed by atoms with Crippen molar-refractivity contribution in [2.45, 2.75) is 39.7 Å². The van der Waals surface area contributed by atoms with Crippen molar-refractivity contribution in [3.05, 3.63) is 64.4 Å². The number of nitrogens with one attached hydrogen (secondary N) is 1. The van der Waals surface area contributed by atoms with E-state index in [1.165, 1.54) is 16.9 Å². The minimum Gasteiger partial charge on any atom is -0.483 e. The van der Waals surface area contributed by atoms with Crippen molar-refractivity contribution in [3.8, 4) is 5.75 Å². The molecular formula is C20H22N4O2S. The van der Waals surface area contributed by atoms with Gasteiger partial charge in [0, 0.05) is 18.8 Å². The normalized spacial score (nSPS) is 11.8. The third kappa shape index (κ3) is 5.10. The lowest BCUT2D eigenvalue weighted by atomic mass is 10.1. The maximum absolute atomic E-state index is 12.1. The second kappa shape index (κ2) is 8.73. The highest BCUT2D eigenvalue weighted by atomic mass is 32.1. The number of ether oxygens (including phenoxy) is 1. The summed E-state index contributed by atoms with van der Waals surface area (Å²) in [7, 11) is 0. The number of carbonyl (C=O) groups excluding carboxylic acids is 1. The number of carbonyl (C=O) groups is 1. The Kier molecular flexibility index (Phi) is 6.13. The number of pyridine rings is 1. The zero-order chi connectivity index (χ0) is 19.2. The molecule has 0 radical (unpaired) electrons. The first-order valence-corrected chi connectivity index (χ1v) is 9.59. The van der Waals surface area contributed by atoms with Gasteiger partial charge in [-0.05, 0) is 62.1 Å². The Hall–Kier alpha value is -2.80. The van der Waals surface area contributed by atoms with Gasteiger partial charge in [-0.1, -0.05) is 23.5 Å². The van der Waals surface area contributed by atoms with Crippen LogP contribution in [-0.2, 0) is 11.2 Å². The fourth-order valence-corrected chi connectivity index (χ4v) is 3.27. The van der Waals surface area contributed by atoms with Crippen LogP contribution in [0.25, 0.3) is 0 Å². The van der Waals surface area contributed by atoms with Gasteiger partial charge in [0.05, 0.1) is 0 Å². The van der Waals surface area contributed by atoms with Crippen LogP contribution < -0.4 is 10.1 Å². The van der Waals surface area contributed by atoms with Crippen molar-refractivity contribution in [1.29, 1.82) is 0 Å². The third-order valence-electron chi connectivity index (χ3n) is 4.28. The summed E-state index contributed by atoms with van der Waals surface area (Å²) < 4.78 is 6.02. The Morgan fingerprint density at radius 3 is 2.74 bits per heavy atom. The highest BCUT2D eigenvalue weighted by molar-refractivity contribution is 7.15. The van der Waals surface area contributed by atoms with Crippen LogP contribution >= 0.6 is 11.3 Å². The molecule has 1 N–H and O–H groups in total. The summed E-state index contributed by atoms with van der Waals surface area (Å²) in [6, 6.07) is 9.78. The summed E-state index contributed by atoms with van der Waals surface area (Å²) in [4.78, 5) is 16.1. The fraction of sp³-hybridized carbons (Fsp3) is 0.300. The monoisotopic (exact) mass is 382 g/mol. The number of aryl methyl sites for hydroxylation is 2. The van der Waals surface area contributed by atoms with Crippen LogP contribution in [0.1, 0.15) is 41.1 Å². The van der Waals surface area contributed by atoms with Gasteiger partial charge in [0.1, 0.15) is 11.9 Å². The first-order valence-electron chi connectivity index (χ1n) is 8.78. The first-order chi connectivity index (χ1) is 13.0. The fourth-order valence-electron chi connectivity index (χ4n) is 2.53. The molecule has 3 aromatic rings. The van der Waals surface area contributed by atoms with E-state index >= 15 is 0 Å². The highest BCUT2D eigenvalue weighted by Gasteiger charge is 2.16. The van der Waals surface area contributed by atoms with Crippen LogP contribution in [0.3, 0.4) is 0 Å². The van der Waals surface area contributed by atoms with E-state index in [0.29, 0.717) is 18.0 Å². The maximum Gasteiger partial charge on any atom is 0.226 e. The first kappa shape index (κ1) is 19.0. The Morgan fingerprint density at radius 1 is 1.19 bits per heavy atom. The molecule has 0 saturated heterocycles. The van der Waals surface area contributed by atoms with Gasteiger partial charge in [-0.25, -0.2) is 0 Å². The number of hydrogen-bond acceptors (Lipinski definition) is 6. The zero-order valence-corrected chi connectivity index (χ0v) is 16.4. The van der Waals surface area contributed by atoms with Gasteiger partial charge >= 0.3 is 0 Å². The lowest BCUT2D eigenvalue weighted by Crippen LogP contribution is -2.12. The Labute approximate surface area is 162 Å². The molecular weight excluding hydrogens is 360 g/mol. The Bertz CT molecular complexity index is 911. The number of anilines is 1. The van der Waals surface area contributed by atoms with Gasteiger partial charge < -0.3 is 10.1 Å². The SMILES string of the molecule is Cc1cccc(OC(C)c2nnc(NC(=O)CCc3ccncc3)s2)c1C. The van der Waals surface area contributed by atoms with Crippen molar-refractivity contribution in [1.82, 2.24) is 15.2 Å². The second-order valence-corrected chi connectivity index (χ2v) is 7.32. The molecule has 140 valence electrons. The standard InChI is InChI=1S/C20H22N4O2S/c1-13-5-4-6-17(14(13)2)26-15(3)19-23-24-20(27-19)22-18(25)8-7-16-9-11-21-12-10-16/h4-6,9-12,15H,7-8H2,1-3H3,(H,22,24,25). The Morgan fingerprint density at radius 2 is 1.96 bits per heavy atom. The molecule has 7 heteroatoms. The molecule has 0 aliphatic heterocycles. The van der Waals surface area contributed by atoms with Crippen LogP contribution in [0, 0.1) is 13.8 Å². The average molecular weight is 382 g/mol. The lowest BCUT2D eigenvalue weighted by Gasteiger charge is -2.14. The van der Waals surface area contributed by atoms with Gasteiger partial charge in [0.15, 0.2) is 5.01 Å². The molecule has 0 fully saturated rings. The van der Waals surface area contributed by atoms with E-state index < -0.39 is 0 Å². The molecule has 0 bridgehead atoms. The Balaban J connectivity index is 1.55. The average Bonchev–Trinajstić information content (AvgIpc) is 3.13. The highest BCUT2D eigenvalue weighted by Crippen LogP contribution is 2.29. The molecule has 1 atom stereocenters. The molecule has 27 heavy (non-hydrogen) atoms. The summed E-state index contributed by atoms with van der Waals surface area (Å²) in [5.41, 5.74) is 3.37. The summed E-state index contributed by atoms with van der Waals surface area (Å²) in [5, 5.41) is 12.2. The van der Waals surface area contributed by atoms with E-state index in [4.69, 9.17) is 4.74 Å². The number of benzene rings is 1. The van der Waals surface area contributed by atoms with Gasteiger partial charge in [0.25, 0.3) is 0 Å². The summed E-state index contributed by atoms with van der Waals surface area (Å²) in [6.07, 6.45) is 4.24. The number of nitrogens with zero attached hydrogens (tertiary/aromatic N) is 3. The van der Waals surface area contributed by atoms with Crippen LogP contribution in [0.2, 0.25) is 0 Å². The second-order valence-electron chi connectivity index (χ2n) is 6.31. The lowest BCUT2D eigenvalue weighted by molar-refractivity contribution is -0.116. The number of aromatic nitrogens is 3. The number of hydrogen-bond donors (Lipinski definition) is 1. The number of rotatable bonds is 7. The van der Waals surface area contributed by atoms with Gasteiger partial charge in [0.2, 0.25) is 11.0 Å².